The first-order valence-electron chi connectivity index (χ1n) is 9.85. The van der Waals surface area contributed by atoms with E-state index >= 15 is 0 Å². The Morgan fingerprint density at radius 1 is 0.656 bits per heavy atom. The summed E-state index contributed by atoms with van der Waals surface area (Å²) in [7, 11) is -4.99. The molecule has 0 heterocycles. The standard InChI is InChI=1S/C19H30O11P2/c1-8-27-31(22,28-9-2)18(20)15-13(24-5)12-14(25-6)16(17(15)26-7)19(21)32(23,29-10-3)30-11-4/h12H,8-11H2,1-7H3. The first kappa shape index (κ1) is 28.3. The smallest absolute Gasteiger partial charge is 0.401 e. The fraction of sp³-hybridized carbons (Fsp3) is 0.579. The summed E-state index contributed by atoms with van der Waals surface area (Å²) < 4.78 is 62.7. The summed E-state index contributed by atoms with van der Waals surface area (Å²) in [6.07, 6.45) is 0. The first-order valence-corrected chi connectivity index (χ1v) is 12.9. The van der Waals surface area contributed by atoms with E-state index in [2.05, 4.69) is 0 Å². The van der Waals surface area contributed by atoms with Crippen LogP contribution in [0.5, 0.6) is 17.2 Å². The van der Waals surface area contributed by atoms with E-state index in [-0.39, 0.29) is 37.9 Å². The van der Waals surface area contributed by atoms with Crippen molar-refractivity contribution in [3.05, 3.63) is 17.2 Å². The van der Waals surface area contributed by atoms with Crippen molar-refractivity contribution < 1.29 is 51.0 Å². The molecule has 0 bridgehead atoms. The third-order valence-electron chi connectivity index (χ3n) is 3.97. The molecule has 0 atom stereocenters. The van der Waals surface area contributed by atoms with Crippen LogP contribution in [-0.4, -0.2) is 58.8 Å². The van der Waals surface area contributed by atoms with Gasteiger partial charge in [-0.15, -0.1) is 0 Å². The third kappa shape index (κ3) is 5.78. The van der Waals surface area contributed by atoms with Gasteiger partial charge in [-0.25, -0.2) is 0 Å². The number of ether oxygens (including phenoxy) is 3. The van der Waals surface area contributed by atoms with Crippen molar-refractivity contribution in [2.24, 2.45) is 0 Å². The highest BCUT2D eigenvalue weighted by molar-refractivity contribution is 7.73. The van der Waals surface area contributed by atoms with E-state index in [0.717, 1.165) is 0 Å². The Balaban J connectivity index is 3.96. The summed E-state index contributed by atoms with van der Waals surface area (Å²) in [5.41, 5.74) is -3.00. The monoisotopic (exact) mass is 496 g/mol. The van der Waals surface area contributed by atoms with Gasteiger partial charge in [-0.3, -0.25) is 18.7 Å². The van der Waals surface area contributed by atoms with Crippen LogP contribution in [0.1, 0.15) is 48.4 Å². The van der Waals surface area contributed by atoms with Gasteiger partial charge in [0.2, 0.25) is 0 Å². The van der Waals surface area contributed by atoms with E-state index in [4.69, 9.17) is 32.3 Å². The van der Waals surface area contributed by atoms with Crippen molar-refractivity contribution in [3.63, 3.8) is 0 Å². The molecular formula is C19H30O11P2. The first-order chi connectivity index (χ1) is 15.1. The van der Waals surface area contributed by atoms with Gasteiger partial charge < -0.3 is 32.3 Å². The van der Waals surface area contributed by atoms with E-state index in [1.165, 1.54) is 55.1 Å². The minimum Gasteiger partial charge on any atom is -0.496 e. The van der Waals surface area contributed by atoms with Gasteiger partial charge in [0.05, 0.1) is 47.8 Å². The largest absolute Gasteiger partial charge is 0.496 e. The number of hydrogen-bond donors (Lipinski definition) is 0. The Bertz CT molecular complexity index is 825. The van der Waals surface area contributed by atoms with Crippen LogP contribution in [-0.2, 0) is 27.2 Å². The second-order valence-corrected chi connectivity index (χ2v) is 9.68. The molecule has 1 aromatic carbocycles. The predicted octanol–water partition coefficient (Wildman–Crippen LogP) is 4.53. The average molecular weight is 496 g/mol. The molecule has 0 N–H and O–H groups in total. The molecule has 0 fully saturated rings. The highest BCUT2D eigenvalue weighted by Crippen LogP contribution is 2.58. The lowest BCUT2D eigenvalue weighted by Gasteiger charge is -2.23. The fourth-order valence-electron chi connectivity index (χ4n) is 2.81. The molecule has 11 nitrogen and oxygen atoms in total. The van der Waals surface area contributed by atoms with Crippen LogP contribution in [0.15, 0.2) is 6.07 Å². The van der Waals surface area contributed by atoms with Crippen LogP contribution in [0.4, 0.5) is 0 Å². The van der Waals surface area contributed by atoms with E-state index in [1.807, 2.05) is 0 Å². The summed E-state index contributed by atoms with van der Waals surface area (Å²) in [6, 6.07) is 1.20. The predicted molar refractivity (Wildman–Crippen MR) is 116 cm³/mol. The lowest BCUT2D eigenvalue weighted by molar-refractivity contribution is 0.0988. The van der Waals surface area contributed by atoms with Crippen molar-refractivity contribution in [1.29, 1.82) is 0 Å². The summed E-state index contributed by atoms with van der Waals surface area (Å²) >= 11 is 0. The van der Waals surface area contributed by atoms with Crippen molar-refractivity contribution in [2.75, 3.05) is 47.8 Å². The fourth-order valence-corrected chi connectivity index (χ4v) is 5.76. The van der Waals surface area contributed by atoms with Gasteiger partial charge in [0, 0.05) is 6.07 Å². The van der Waals surface area contributed by atoms with Crippen LogP contribution in [0.25, 0.3) is 0 Å². The number of carbonyl (C=O) groups is 2. The summed E-state index contributed by atoms with van der Waals surface area (Å²) in [4.78, 5) is 26.6. The Hall–Kier alpha value is -1.74. The molecule has 0 saturated heterocycles. The van der Waals surface area contributed by atoms with E-state index in [9.17, 15) is 18.7 Å². The topological polar surface area (TPSA) is 133 Å². The molecule has 0 radical (unpaired) electrons. The molecule has 0 aromatic heterocycles. The zero-order valence-corrected chi connectivity index (χ0v) is 21.1. The van der Waals surface area contributed by atoms with E-state index < -0.39 is 43.1 Å². The van der Waals surface area contributed by atoms with Crippen LogP contribution in [0, 0.1) is 0 Å². The molecule has 0 spiro atoms. The molecule has 0 aliphatic carbocycles. The molecule has 0 amide bonds. The Morgan fingerprint density at radius 2 is 0.969 bits per heavy atom. The molecule has 13 heteroatoms. The van der Waals surface area contributed by atoms with Gasteiger partial charge in [0.1, 0.15) is 28.4 Å². The molecule has 0 saturated carbocycles. The Labute approximate surface area is 187 Å². The van der Waals surface area contributed by atoms with E-state index in [1.54, 1.807) is 0 Å². The molecule has 182 valence electrons. The van der Waals surface area contributed by atoms with Gasteiger partial charge >= 0.3 is 15.2 Å². The van der Waals surface area contributed by atoms with Crippen molar-refractivity contribution in [1.82, 2.24) is 0 Å². The van der Waals surface area contributed by atoms with Gasteiger partial charge in [-0.1, -0.05) is 0 Å². The number of methoxy groups -OCH3 is 3. The SMILES string of the molecule is CCOP(=O)(OCC)C(=O)c1c(OC)cc(OC)c(C(=O)P(=O)(OCC)OCC)c1OC. The zero-order chi connectivity index (χ0) is 24.5. The van der Waals surface area contributed by atoms with Gasteiger partial charge in [-0.2, -0.15) is 0 Å². The molecule has 1 aromatic rings. The second-order valence-electron chi connectivity index (χ2n) is 5.84. The second kappa shape index (κ2) is 12.5. The maximum atomic E-state index is 13.3. The maximum Gasteiger partial charge on any atom is 0.401 e. The number of carbonyl (C=O) groups excluding carboxylic acids is 2. The highest BCUT2D eigenvalue weighted by Gasteiger charge is 2.45. The molecule has 0 unspecified atom stereocenters. The Morgan fingerprint density at radius 3 is 1.19 bits per heavy atom. The molecule has 32 heavy (non-hydrogen) atoms. The van der Waals surface area contributed by atoms with E-state index in [0.29, 0.717) is 0 Å². The van der Waals surface area contributed by atoms with Gasteiger partial charge in [0.25, 0.3) is 11.0 Å². The van der Waals surface area contributed by atoms with Crippen molar-refractivity contribution in [2.45, 2.75) is 27.7 Å². The highest BCUT2D eigenvalue weighted by atomic mass is 31.2. The summed E-state index contributed by atoms with van der Waals surface area (Å²) in [6.45, 7) is 5.82. The molecular weight excluding hydrogens is 466 g/mol. The molecule has 0 aliphatic rings. The van der Waals surface area contributed by atoms with Crippen molar-refractivity contribution >= 4 is 26.2 Å². The lowest BCUT2D eigenvalue weighted by Crippen LogP contribution is -2.16. The van der Waals surface area contributed by atoms with Crippen LogP contribution in [0.2, 0.25) is 0 Å². The summed E-state index contributed by atoms with van der Waals surface area (Å²) in [5.74, 6) is -0.638. The number of hydrogen-bond acceptors (Lipinski definition) is 11. The van der Waals surface area contributed by atoms with Gasteiger partial charge in [0.15, 0.2) is 0 Å². The Kier molecular flexibility index (Phi) is 11.0. The maximum absolute atomic E-state index is 13.3. The number of rotatable bonds is 15. The zero-order valence-electron chi connectivity index (χ0n) is 19.3. The summed E-state index contributed by atoms with van der Waals surface area (Å²) in [5, 5.41) is 0. The number of benzene rings is 1. The van der Waals surface area contributed by atoms with Crippen LogP contribution >= 0.6 is 15.2 Å². The minimum atomic E-state index is -4.33. The van der Waals surface area contributed by atoms with Gasteiger partial charge in [-0.05, 0) is 27.7 Å². The van der Waals surface area contributed by atoms with Crippen molar-refractivity contribution in [3.8, 4) is 17.2 Å². The molecule has 1 rings (SSSR count). The quantitative estimate of drug-likeness (QED) is 0.317. The van der Waals surface area contributed by atoms with Crippen LogP contribution < -0.4 is 14.2 Å². The van der Waals surface area contributed by atoms with Crippen LogP contribution in [0.3, 0.4) is 0 Å². The molecule has 0 aliphatic heterocycles. The normalized spacial score (nSPS) is 11.8. The third-order valence-corrected chi connectivity index (χ3v) is 7.81. The average Bonchev–Trinajstić information content (AvgIpc) is 2.77. The lowest BCUT2D eigenvalue weighted by atomic mass is 10.1. The minimum absolute atomic E-state index is 0.0839.